The number of amides is 1. The molecule has 4 rings (SSSR count). The first-order valence-corrected chi connectivity index (χ1v) is 8.21. The summed E-state index contributed by atoms with van der Waals surface area (Å²) in [5.41, 5.74) is 2.48. The predicted molar refractivity (Wildman–Crippen MR) is 89.8 cm³/mol. The summed E-state index contributed by atoms with van der Waals surface area (Å²) >= 11 is 1.13. The van der Waals surface area contributed by atoms with Crippen molar-refractivity contribution in [3.8, 4) is 0 Å². The number of hydrogen-bond acceptors (Lipinski definition) is 7. The molecular weight excluding hydrogens is 342 g/mol. The van der Waals surface area contributed by atoms with Gasteiger partial charge in [-0.2, -0.15) is 0 Å². The van der Waals surface area contributed by atoms with Gasteiger partial charge in [0.2, 0.25) is 5.13 Å². The van der Waals surface area contributed by atoms with E-state index in [1.165, 1.54) is 22.9 Å². The lowest BCUT2D eigenvalue weighted by Gasteiger charge is -2.20. The van der Waals surface area contributed by atoms with Gasteiger partial charge in [0, 0.05) is 11.1 Å². The Balaban J connectivity index is 1.93. The summed E-state index contributed by atoms with van der Waals surface area (Å²) < 4.78 is 5.11. The van der Waals surface area contributed by atoms with Crippen LogP contribution in [0.5, 0.6) is 0 Å². The van der Waals surface area contributed by atoms with Gasteiger partial charge in [-0.1, -0.05) is 41.7 Å². The number of carbonyl (C=O) groups excluding carboxylic acids is 2. The summed E-state index contributed by atoms with van der Waals surface area (Å²) in [5.74, 6) is -1.78. The van der Waals surface area contributed by atoms with Gasteiger partial charge in [0.25, 0.3) is 5.78 Å². The average molecular weight is 353 g/mol. The first-order chi connectivity index (χ1) is 12.2. The van der Waals surface area contributed by atoms with Gasteiger partial charge in [-0.3, -0.25) is 14.5 Å². The molecule has 2 aromatic heterocycles. The van der Waals surface area contributed by atoms with Crippen molar-refractivity contribution in [2.45, 2.75) is 6.04 Å². The third-order valence-electron chi connectivity index (χ3n) is 3.91. The van der Waals surface area contributed by atoms with E-state index in [9.17, 15) is 14.7 Å². The molecule has 7 nitrogen and oxygen atoms in total. The van der Waals surface area contributed by atoms with Gasteiger partial charge in [-0.15, -0.1) is 10.2 Å². The fourth-order valence-corrected chi connectivity index (χ4v) is 3.38. The van der Waals surface area contributed by atoms with Crippen molar-refractivity contribution >= 4 is 33.9 Å². The van der Waals surface area contributed by atoms with Crippen LogP contribution in [0.25, 0.3) is 5.76 Å². The largest absolute Gasteiger partial charge is 0.507 e. The van der Waals surface area contributed by atoms with E-state index in [-0.39, 0.29) is 16.5 Å². The highest BCUT2D eigenvalue weighted by molar-refractivity contribution is 7.13. The molecule has 3 heterocycles. The molecule has 1 aliphatic heterocycles. The lowest BCUT2D eigenvalue weighted by molar-refractivity contribution is -0.132. The van der Waals surface area contributed by atoms with E-state index < -0.39 is 17.7 Å². The number of ketones is 1. The van der Waals surface area contributed by atoms with Crippen molar-refractivity contribution < 1.29 is 19.1 Å². The normalized spacial score (nSPS) is 19.5. The summed E-state index contributed by atoms with van der Waals surface area (Å²) in [4.78, 5) is 26.5. The van der Waals surface area contributed by atoms with Crippen LogP contribution in [-0.2, 0) is 9.59 Å². The molecule has 25 heavy (non-hydrogen) atoms. The van der Waals surface area contributed by atoms with Crippen LogP contribution in [0, 0.1) is 0 Å². The Bertz CT molecular complexity index is 949. The van der Waals surface area contributed by atoms with E-state index in [0.29, 0.717) is 11.1 Å². The van der Waals surface area contributed by atoms with Crippen molar-refractivity contribution in [2.75, 3.05) is 4.90 Å². The fraction of sp³-hybridized carbons (Fsp3) is 0.0588. The first kappa shape index (κ1) is 15.3. The number of aliphatic hydroxyl groups is 1. The molecule has 0 bridgehead atoms. The van der Waals surface area contributed by atoms with Crippen LogP contribution in [0.15, 0.2) is 64.4 Å². The Hall–Kier alpha value is -3.26. The second-order valence-electron chi connectivity index (χ2n) is 5.31. The Kier molecular flexibility index (Phi) is 3.66. The average Bonchev–Trinajstić information content (AvgIpc) is 3.37. The van der Waals surface area contributed by atoms with Gasteiger partial charge < -0.3 is 9.52 Å². The lowest BCUT2D eigenvalue weighted by Crippen LogP contribution is -2.29. The molecule has 0 radical (unpaired) electrons. The van der Waals surface area contributed by atoms with Crippen molar-refractivity contribution in [3.63, 3.8) is 0 Å². The number of furan rings is 1. The number of Topliss-reactive ketones (excluding diaryl/α,β-unsaturated/α-hetero) is 1. The highest BCUT2D eigenvalue weighted by Crippen LogP contribution is 2.42. The Morgan fingerprint density at radius 1 is 1.20 bits per heavy atom. The van der Waals surface area contributed by atoms with Gasteiger partial charge in [-0.05, 0) is 6.07 Å². The summed E-state index contributed by atoms with van der Waals surface area (Å²) in [6, 6.07) is 9.42. The third-order valence-corrected chi connectivity index (χ3v) is 4.59. The van der Waals surface area contributed by atoms with Crippen LogP contribution in [0.2, 0.25) is 0 Å². The Morgan fingerprint density at radius 3 is 2.64 bits per heavy atom. The van der Waals surface area contributed by atoms with Crippen LogP contribution in [-0.4, -0.2) is 27.0 Å². The number of benzene rings is 1. The lowest BCUT2D eigenvalue weighted by atomic mass is 9.97. The van der Waals surface area contributed by atoms with Gasteiger partial charge in [0.15, 0.2) is 0 Å². The van der Waals surface area contributed by atoms with Gasteiger partial charge in [-0.25, -0.2) is 0 Å². The van der Waals surface area contributed by atoms with Crippen LogP contribution >= 0.6 is 11.3 Å². The molecule has 3 aromatic rings. The maximum atomic E-state index is 12.6. The van der Waals surface area contributed by atoms with E-state index in [1.54, 1.807) is 36.4 Å². The zero-order valence-electron chi connectivity index (χ0n) is 12.7. The minimum Gasteiger partial charge on any atom is -0.507 e. The molecule has 0 aliphatic carbocycles. The molecule has 1 aliphatic rings. The number of carbonyl (C=O) groups is 2. The minimum atomic E-state index is -0.827. The van der Waals surface area contributed by atoms with Crippen molar-refractivity contribution in [1.29, 1.82) is 0 Å². The first-order valence-electron chi connectivity index (χ1n) is 7.33. The second-order valence-corrected chi connectivity index (χ2v) is 6.12. The minimum absolute atomic E-state index is 0.00667. The molecule has 1 saturated heterocycles. The molecule has 1 fully saturated rings. The molecular formula is C17H11N3O4S. The molecule has 8 heteroatoms. The van der Waals surface area contributed by atoms with Crippen molar-refractivity contribution in [1.82, 2.24) is 10.2 Å². The monoisotopic (exact) mass is 353 g/mol. The molecule has 1 atom stereocenters. The van der Waals surface area contributed by atoms with Crippen LogP contribution in [0.1, 0.15) is 17.2 Å². The van der Waals surface area contributed by atoms with E-state index in [1.807, 2.05) is 0 Å². The highest BCUT2D eigenvalue weighted by Gasteiger charge is 2.48. The summed E-state index contributed by atoms with van der Waals surface area (Å²) in [7, 11) is 0. The van der Waals surface area contributed by atoms with E-state index in [0.717, 1.165) is 11.3 Å². The molecule has 0 saturated carbocycles. The molecule has 1 N–H and O–H groups in total. The van der Waals surface area contributed by atoms with Crippen LogP contribution < -0.4 is 4.90 Å². The van der Waals surface area contributed by atoms with E-state index >= 15 is 0 Å². The van der Waals surface area contributed by atoms with E-state index in [2.05, 4.69) is 10.2 Å². The van der Waals surface area contributed by atoms with Crippen LogP contribution in [0.4, 0.5) is 5.13 Å². The number of hydrogen-bond donors (Lipinski definition) is 1. The third kappa shape index (κ3) is 2.43. The SMILES string of the molecule is O=C1C(=O)N(c2nncs2)C(c2ccoc2)/C1=C(\O)c1ccccc1. The zero-order chi connectivity index (χ0) is 17.4. The van der Waals surface area contributed by atoms with E-state index in [4.69, 9.17) is 4.42 Å². The van der Waals surface area contributed by atoms with Crippen LogP contribution in [0.3, 0.4) is 0 Å². The maximum Gasteiger partial charge on any atom is 0.301 e. The molecule has 1 unspecified atom stereocenters. The van der Waals surface area contributed by atoms with Gasteiger partial charge >= 0.3 is 5.91 Å². The fourth-order valence-electron chi connectivity index (χ4n) is 2.80. The zero-order valence-corrected chi connectivity index (χ0v) is 13.5. The number of anilines is 1. The second kappa shape index (κ2) is 5.99. The molecule has 1 aromatic carbocycles. The summed E-state index contributed by atoms with van der Waals surface area (Å²) in [6.07, 6.45) is 2.88. The van der Waals surface area contributed by atoms with Crippen molar-refractivity contribution in [2.24, 2.45) is 0 Å². The standard InChI is InChI=1S/C17H11N3O4S/c21-14(10-4-2-1-3-5-10)12-13(11-6-7-24-8-11)20(16(23)15(12)22)17-19-18-9-25-17/h1-9,13,21H/b14-12+. The summed E-state index contributed by atoms with van der Waals surface area (Å²) in [6.45, 7) is 0. The Labute approximate surface area is 145 Å². The topological polar surface area (TPSA) is 96.5 Å². The van der Waals surface area contributed by atoms with Crippen molar-refractivity contribution in [3.05, 3.63) is 71.1 Å². The maximum absolute atomic E-state index is 12.6. The smallest absolute Gasteiger partial charge is 0.301 e. The van der Waals surface area contributed by atoms with Gasteiger partial charge in [0.05, 0.1) is 18.1 Å². The quantitative estimate of drug-likeness (QED) is 0.442. The molecule has 124 valence electrons. The number of nitrogens with zero attached hydrogens (tertiary/aromatic N) is 3. The predicted octanol–water partition coefficient (Wildman–Crippen LogP) is 2.76. The summed E-state index contributed by atoms with van der Waals surface area (Å²) in [5, 5.41) is 18.6. The Morgan fingerprint density at radius 2 is 2.00 bits per heavy atom. The van der Waals surface area contributed by atoms with Gasteiger partial charge in [0.1, 0.15) is 17.3 Å². The highest BCUT2D eigenvalue weighted by atomic mass is 32.1. The number of aromatic nitrogens is 2. The molecule has 1 amide bonds. The molecule has 0 spiro atoms. The number of aliphatic hydroxyl groups excluding tert-OH is 1. The number of rotatable bonds is 3.